The van der Waals surface area contributed by atoms with Crippen LogP contribution in [0.4, 0.5) is 4.79 Å². The molecular weight excluding hydrogens is 444 g/mol. The van der Waals surface area contributed by atoms with Crippen molar-refractivity contribution in [2.45, 2.75) is 64.0 Å². The molecule has 0 aromatic heterocycles. The molecule has 2 aromatic rings. The zero-order valence-corrected chi connectivity index (χ0v) is 20.4. The Morgan fingerprint density at radius 1 is 1.09 bits per heavy atom. The average molecular weight is 479 g/mol. The van der Waals surface area contributed by atoms with E-state index >= 15 is 0 Å². The lowest BCUT2D eigenvalue weighted by molar-refractivity contribution is -0.154. The van der Waals surface area contributed by atoms with Gasteiger partial charge in [0.05, 0.1) is 0 Å². The van der Waals surface area contributed by atoms with E-state index in [4.69, 9.17) is 4.74 Å². The number of unbranched alkanes of at least 4 members (excludes halogenated alkanes) is 1. The summed E-state index contributed by atoms with van der Waals surface area (Å²) in [6, 6.07) is 14.6. The molecule has 2 N–H and O–H groups in total. The van der Waals surface area contributed by atoms with Gasteiger partial charge in [-0.3, -0.25) is 4.79 Å². The van der Waals surface area contributed by atoms with Gasteiger partial charge in [-0.2, -0.15) is 0 Å². The summed E-state index contributed by atoms with van der Waals surface area (Å²) in [5.74, 6) is -1.17. The minimum absolute atomic E-state index is 0.0714. The van der Waals surface area contributed by atoms with E-state index in [1.807, 2.05) is 38.1 Å². The predicted molar refractivity (Wildman–Crippen MR) is 133 cm³/mol. The Morgan fingerprint density at radius 3 is 2.31 bits per heavy atom. The molecule has 2 aromatic carbocycles. The molecule has 0 saturated carbocycles. The van der Waals surface area contributed by atoms with Crippen molar-refractivity contribution >= 4 is 18.0 Å². The van der Waals surface area contributed by atoms with Crippen LogP contribution < -0.4 is 5.32 Å². The van der Waals surface area contributed by atoms with Gasteiger partial charge in [-0.15, -0.1) is 0 Å². The van der Waals surface area contributed by atoms with Crippen molar-refractivity contribution in [3.8, 4) is 11.1 Å². The molecule has 0 radical (unpaired) electrons. The van der Waals surface area contributed by atoms with E-state index < -0.39 is 24.1 Å². The molecule has 1 aliphatic carbocycles. The summed E-state index contributed by atoms with van der Waals surface area (Å²) in [6.07, 6.45) is 2.56. The first-order valence-electron chi connectivity index (χ1n) is 12.6. The molecule has 7 nitrogen and oxygen atoms in total. The number of carboxylic acid groups (broad SMARTS) is 1. The van der Waals surface area contributed by atoms with Gasteiger partial charge in [-0.25, -0.2) is 9.59 Å². The van der Waals surface area contributed by atoms with Crippen LogP contribution in [0.3, 0.4) is 0 Å². The highest BCUT2D eigenvalue weighted by molar-refractivity contribution is 5.89. The largest absolute Gasteiger partial charge is 0.480 e. The molecule has 1 aliphatic heterocycles. The fraction of sp³-hybridized carbons (Fsp3) is 0.464. The van der Waals surface area contributed by atoms with E-state index in [-0.39, 0.29) is 24.3 Å². The summed E-state index contributed by atoms with van der Waals surface area (Å²) in [6.45, 7) is 4.55. The smallest absolute Gasteiger partial charge is 0.407 e. The van der Waals surface area contributed by atoms with Gasteiger partial charge in [0.2, 0.25) is 5.91 Å². The van der Waals surface area contributed by atoms with Crippen molar-refractivity contribution in [2.24, 2.45) is 5.92 Å². The monoisotopic (exact) mass is 478 g/mol. The Kier molecular flexibility index (Phi) is 7.73. The zero-order valence-electron chi connectivity index (χ0n) is 20.4. The van der Waals surface area contributed by atoms with Crippen molar-refractivity contribution in [3.63, 3.8) is 0 Å². The first-order valence-corrected chi connectivity index (χ1v) is 12.6. The van der Waals surface area contributed by atoms with E-state index in [0.717, 1.165) is 41.5 Å². The number of nitrogens with one attached hydrogen (secondary N) is 1. The van der Waals surface area contributed by atoms with Crippen LogP contribution >= 0.6 is 0 Å². The highest BCUT2D eigenvalue weighted by atomic mass is 16.5. The summed E-state index contributed by atoms with van der Waals surface area (Å²) in [5.41, 5.74) is 4.53. The topological polar surface area (TPSA) is 95.9 Å². The average Bonchev–Trinajstić information content (AvgIpc) is 3.18. The Bertz CT molecular complexity index is 1040. The molecule has 0 spiro atoms. The van der Waals surface area contributed by atoms with Crippen LogP contribution in [-0.2, 0) is 14.3 Å². The third kappa shape index (κ3) is 5.34. The molecule has 2 aliphatic rings. The molecule has 3 unspecified atom stereocenters. The lowest BCUT2D eigenvalue weighted by atomic mass is 9.91. The Hall–Kier alpha value is -3.35. The second-order valence-electron chi connectivity index (χ2n) is 9.68. The van der Waals surface area contributed by atoms with Gasteiger partial charge in [0.25, 0.3) is 0 Å². The number of alkyl carbamates (subject to hydrolysis) is 1. The number of hydrogen-bond acceptors (Lipinski definition) is 4. The minimum Gasteiger partial charge on any atom is -0.480 e. The maximum absolute atomic E-state index is 13.3. The normalized spacial score (nSPS) is 20.0. The van der Waals surface area contributed by atoms with E-state index in [9.17, 15) is 19.5 Å². The molecule has 1 saturated heterocycles. The summed E-state index contributed by atoms with van der Waals surface area (Å²) in [4.78, 5) is 39.4. The number of benzene rings is 2. The first-order chi connectivity index (χ1) is 16.9. The quantitative estimate of drug-likeness (QED) is 0.568. The second-order valence-corrected chi connectivity index (χ2v) is 9.68. The summed E-state index contributed by atoms with van der Waals surface area (Å²) in [7, 11) is 0. The Morgan fingerprint density at radius 2 is 1.71 bits per heavy atom. The maximum atomic E-state index is 13.3. The lowest BCUT2D eigenvalue weighted by Gasteiger charge is -2.38. The molecule has 1 fully saturated rings. The molecule has 1 heterocycles. The molecule has 3 atom stereocenters. The van der Waals surface area contributed by atoms with Crippen molar-refractivity contribution < 1.29 is 24.2 Å². The van der Waals surface area contributed by atoms with Crippen LogP contribution in [-0.4, -0.2) is 53.2 Å². The van der Waals surface area contributed by atoms with Crippen LogP contribution in [0, 0.1) is 5.92 Å². The Balaban J connectivity index is 1.44. The van der Waals surface area contributed by atoms with Crippen molar-refractivity contribution in [1.82, 2.24) is 10.2 Å². The predicted octanol–water partition coefficient (Wildman–Crippen LogP) is 4.80. The van der Waals surface area contributed by atoms with Gasteiger partial charge in [0, 0.05) is 12.5 Å². The highest BCUT2D eigenvalue weighted by Crippen LogP contribution is 2.44. The fourth-order valence-electron chi connectivity index (χ4n) is 5.29. The number of rotatable bonds is 8. The third-order valence-electron chi connectivity index (χ3n) is 7.21. The van der Waals surface area contributed by atoms with Crippen molar-refractivity contribution in [1.29, 1.82) is 0 Å². The second kappa shape index (κ2) is 10.9. The number of aliphatic carboxylic acids is 1. The van der Waals surface area contributed by atoms with Gasteiger partial charge >= 0.3 is 12.1 Å². The zero-order chi connectivity index (χ0) is 24.9. The van der Waals surface area contributed by atoms with Gasteiger partial charge in [0.1, 0.15) is 18.7 Å². The van der Waals surface area contributed by atoms with Gasteiger partial charge in [-0.05, 0) is 47.4 Å². The minimum atomic E-state index is -1.000. The van der Waals surface area contributed by atoms with E-state index in [0.29, 0.717) is 19.4 Å². The van der Waals surface area contributed by atoms with Crippen LogP contribution in [0.2, 0.25) is 0 Å². The van der Waals surface area contributed by atoms with Crippen molar-refractivity contribution in [3.05, 3.63) is 59.7 Å². The maximum Gasteiger partial charge on any atom is 0.407 e. The Labute approximate surface area is 206 Å². The molecule has 35 heavy (non-hydrogen) atoms. The van der Waals surface area contributed by atoms with E-state index in [1.54, 1.807) is 0 Å². The number of carboxylic acids is 1. The molecule has 186 valence electrons. The van der Waals surface area contributed by atoms with Crippen LogP contribution in [0.15, 0.2) is 48.5 Å². The molecular formula is C28H34N2O5. The number of amides is 2. The molecule has 0 bridgehead atoms. The summed E-state index contributed by atoms with van der Waals surface area (Å²) in [5, 5.41) is 12.4. The molecule has 7 heteroatoms. The third-order valence-corrected chi connectivity index (χ3v) is 7.21. The van der Waals surface area contributed by atoms with E-state index in [1.165, 1.54) is 4.90 Å². The van der Waals surface area contributed by atoms with E-state index in [2.05, 4.69) is 29.6 Å². The standard InChI is InChI=1S/C28H34N2O5/c1-3-4-13-24(26(31)30-15-14-18(2)16-25(30)27(32)33)29-28(34)35-17-23-21-11-7-5-9-19(21)20-10-6-8-12-22(20)23/h5-12,18,23-25H,3-4,13-17H2,1-2H3,(H,29,34)(H,32,33). The SMILES string of the molecule is CCCCC(NC(=O)OCC1c2ccccc2-c2ccccc21)C(=O)N1CCC(C)CC1C(=O)O. The van der Waals surface area contributed by atoms with Gasteiger partial charge in [-0.1, -0.05) is 75.2 Å². The summed E-state index contributed by atoms with van der Waals surface area (Å²) >= 11 is 0. The van der Waals surface area contributed by atoms with Crippen LogP contribution in [0.5, 0.6) is 0 Å². The first kappa shape index (κ1) is 24.8. The summed E-state index contributed by atoms with van der Waals surface area (Å²) < 4.78 is 5.64. The number of hydrogen-bond donors (Lipinski definition) is 2. The number of nitrogens with zero attached hydrogens (tertiary/aromatic N) is 1. The van der Waals surface area contributed by atoms with Gasteiger partial charge < -0.3 is 20.1 Å². The molecule has 2 amide bonds. The highest BCUT2D eigenvalue weighted by Gasteiger charge is 2.38. The molecule has 4 rings (SSSR count). The van der Waals surface area contributed by atoms with Crippen molar-refractivity contribution in [2.75, 3.05) is 13.2 Å². The number of carbonyl (C=O) groups is 3. The van der Waals surface area contributed by atoms with Crippen LogP contribution in [0.1, 0.15) is 63.0 Å². The van der Waals surface area contributed by atoms with Gasteiger partial charge in [0.15, 0.2) is 0 Å². The fourth-order valence-corrected chi connectivity index (χ4v) is 5.29. The lowest BCUT2D eigenvalue weighted by Crippen LogP contribution is -2.56. The number of carbonyl (C=O) groups excluding carboxylic acids is 2. The number of likely N-dealkylation sites (tertiary alicyclic amines) is 1. The number of fused-ring (bicyclic) bond motifs is 3. The van der Waals surface area contributed by atoms with Crippen LogP contribution in [0.25, 0.3) is 11.1 Å². The number of piperidine rings is 1. The number of ether oxygens (including phenoxy) is 1.